The molecular weight excluding hydrogens is 284 g/mol. The van der Waals surface area contributed by atoms with Crippen LogP contribution in [0.1, 0.15) is 16.7 Å². The highest BCUT2D eigenvalue weighted by Gasteiger charge is 2.29. The third-order valence-corrected chi connectivity index (χ3v) is 5.85. The van der Waals surface area contributed by atoms with Gasteiger partial charge in [-0.2, -0.15) is 4.31 Å². The monoisotopic (exact) mass is 302 g/mol. The molecule has 0 bridgehead atoms. The zero-order valence-electron chi connectivity index (χ0n) is 11.7. The van der Waals surface area contributed by atoms with Crippen molar-refractivity contribution in [2.45, 2.75) is 24.4 Å². The zero-order valence-corrected chi connectivity index (χ0v) is 12.5. The number of hydrogen-bond donors (Lipinski definition) is 1. The third-order valence-electron chi connectivity index (χ3n) is 3.91. The number of fused-ring (bicyclic) bond motifs is 1. The molecule has 0 saturated heterocycles. The van der Waals surface area contributed by atoms with Gasteiger partial charge in [0.15, 0.2) is 0 Å². The molecule has 110 valence electrons. The van der Waals surface area contributed by atoms with E-state index < -0.39 is 10.0 Å². The van der Waals surface area contributed by atoms with Crippen LogP contribution < -0.4 is 5.73 Å². The summed E-state index contributed by atoms with van der Waals surface area (Å²) in [4.78, 5) is 0.326. The molecule has 3 rings (SSSR count). The molecule has 0 aliphatic carbocycles. The second-order valence-corrected chi connectivity index (χ2v) is 7.08. The molecule has 0 fully saturated rings. The summed E-state index contributed by atoms with van der Waals surface area (Å²) in [6.45, 7) is 1.16. The van der Waals surface area contributed by atoms with Crippen molar-refractivity contribution in [2.75, 3.05) is 6.54 Å². The van der Waals surface area contributed by atoms with Crippen molar-refractivity contribution < 1.29 is 8.42 Å². The van der Waals surface area contributed by atoms with Crippen LogP contribution in [-0.4, -0.2) is 19.3 Å². The summed E-state index contributed by atoms with van der Waals surface area (Å²) in [7, 11) is -3.49. The van der Waals surface area contributed by atoms with Gasteiger partial charge in [-0.25, -0.2) is 8.42 Å². The molecule has 2 aromatic carbocycles. The molecular formula is C16H18N2O2S. The van der Waals surface area contributed by atoms with E-state index >= 15 is 0 Å². The Labute approximate surface area is 125 Å². The fraction of sp³-hybridized carbons (Fsp3) is 0.250. The maximum Gasteiger partial charge on any atom is 0.243 e. The van der Waals surface area contributed by atoms with Crippen LogP contribution in [0.4, 0.5) is 0 Å². The van der Waals surface area contributed by atoms with Gasteiger partial charge in [0, 0.05) is 19.6 Å². The van der Waals surface area contributed by atoms with E-state index in [9.17, 15) is 8.42 Å². The minimum absolute atomic E-state index is 0.222. The number of hydrogen-bond acceptors (Lipinski definition) is 3. The Morgan fingerprint density at radius 2 is 1.67 bits per heavy atom. The zero-order chi connectivity index (χ0) is 14.9. The van der Waals surface area contributed by atoms with Crippen molar-refractivity contribution >= 4 is 10.0 Å². The molecule has 0 aromatic heterocycles. The maximum absolute atomic E-state index is 12.8. The number of nitrogens with two attached hydrogens (primary N) is 1. The van der Waals surface area contributed by atoms with Crippen LogP contribution in [-0.2, 0) is 29.5 Å². The molecule has 0 atom stereocenters. The molecule has 1 aliphatic rings. The molecule has 0 spiro atoms. The number of rotatable bonds is 3. The van der Waals surface area contributed by atoms with Crippen LogP contribution in [0.15, 0.2) is 53.4 Å². The highest BCUT2D eigenvalue weighted by atomic mass is 32.2. The van der Waals surface area contributed by atoms with E-state index in [0.29, 0.717) is 23.5 Å². The summed E-state index contributed by atoms with van der Waals surface area (Å²) < 4.78 is 27.2. The lowest BCUT2D eigenvalue weighted by atomic mass is 10.0. The van der Waals surface area contributed by atoms with E-state index in [-0.39, 0.29) is 6.54 Å². The van der Waals surface area contributed by atoms with E-state index in [4.69, 9.17) is 5.73 Å². The van der Waals surface area contributed by atoms with E-state index in [1.807, 2.05) is 24.3 Å². The smallest absolute Gasteiger partial charge is 0.243 e. The summed E-state index contributed by atoms with van der Waals surface area (Å²) in [6, 6.07) is 15.0. The second kappa shape index (κ2) is 5.60. The molecule has 2 N–H and O–H groups in total. The van der Waals surface area contributed by atoms with Crippen molar-refractivity contribution in [3.63, 3.8) is 0 Å². The van der Waals surface area contributed by atoms with Gasteiger partial charge in [0.2, 0.25) is 10.0 Å². The minimum Gasteiger partial charge on any atom is -0.326 e. The van der Waals surface area contributed by atoms with Crippen molar-refractivity contribution in [3.8, 4) is 0 Å². The lowest BCUT2D eigenvalue weighted by Gasteiger charge is -2.28. The second-order valence-electron chi connectivity index (χ2n) is 5.17. The lowest BCUT2D eigenvalue weighted by molar-refractivity contribution is 0.391. The van der Waals surface area contributed by atoms with Gasteiger partial charge in [-0.05, 0) is 29.2 Å². The quantitative estimate of drug-likeness (QED) is 0.942. The normalized spacial score (nSPS) is 15.7. The van der Waals surface area contributed by atoms with Gasteiger partial charge in [0.05, 0.1) is 4.90 Å². The van der Waals surface area contributed by atoms with Gasteiger partial charge < -0.3 is 5.73 Å². The number of nitrogens with zero attached hydrogens (tertiary/aromatic N) is 1. The van der Waals surface area contributed by atoms with E-state index in [1.54, 1.807) is 22.5 Å². The molecule has 2 aromatic rings. The molecule has 5 heteroatoms. The first kappa shape index (κ1) is 14.3. The molecule has 4 nitrogen and oxygen atoms in total. The van der Waals surface area contributed by atoms with Gasteiger partial charge in [-0.1, -0.05) is 42.5 Å². The van der Waals surface area contributed by atoms with Crippen LogP contribution in [0.5, 0.6) is 0 Å². The van der Waals surface area contributed by atoms with Gasteiger partial charge in [-0.3, -0.25) is 0 Å². The van der Waals surface area contributed by atoms with Gasteiger partial charge in [0.25, 0.3) is 0 Å². The Hall–Kier alpha value is -1.69. The highest BCUT2D eigenvalue weighted by molar-refractivity contribution is 7.89. The van der Waals surface area contributed by atoms with E-state index in [2.05, 4.69) is 6.07 Å². The summed E-state index contributed by atoms with van der Waals surface area (Å²) in [5, 5.41) is 0. The van der Waals surface area contributed by atoms with Crippen molar-refractivity contribution in [2.24, 2.45) is 5.73 Å². The fourth-order valence-electron chi connectivity index (χ4n) is 2.74. The van der Waals surface area contributed by atoms with Crippen LogP contribution in [0.2, 0.25) is 0 Å². The van der Waals surface area contributed by atoms with Gasteiger partial charge in [-0.15, -0.1) is 0 Å². The Bertz CT molecular complexity index is 756. The molecule has 0 amide bonds. The minimum atomic E-state index is -3.49. The number of benzene rings is 2. The molecule has 1 heterocycles. The van der Waals surface area contributed by atoms with Gasteiger partial charge in [0.1, 0.15) is 0 Å². The summed E-state index contributed by atoms with van der Waals surface area (Å²) in [6.07, 6.45) is 0.750. The Morgan fingerprint density at radius 1 is 1.00 bits per heavy atom. The number of sulfonamides is 1. The average molecular weight is 302 g/mol. The van der Waals surface area contributed by atoms with E-state index in [0.717, 1.165) is 12.0 Å². The van der Waals surface area contributed by atoms with Crippen molar-refractivity contribution in [1.82, 2.24) is 4.31 Å². The average Bonchev–Trinajstić information content (AvgIpc) is 2.54. The standard InChI is InChI=1S/C16H18N2O2S/c17-11-14-6-3-4-8-16(14)21(19,20)18-10-9-13-5-1-2-7-15(13)12-18/h1-8H,9-12,17H2. The summed E-state index contributed by atoms with van der Waals surface area (Å²) >= 11 is 0. The largest absolute Gasteiger partial charge is 0.326 e. The van der Waals surface area contributed by atoms with Crippen LogP contribution >= 0.6 is 0 Å². The third kappa shape index (κ3) is 2.60. The maximum atomic E-state index is 12.8. The van der Waals surface area contributed by atoms with Crippen molar-refractivity contribution in [3.05, 3.63) is 65.2 Å². The molecule has 1 aliphatic heterocycles. The van der Waals surface area contributed by atoms with E-state index in [1.165, 1.54) is 5.56 Å². The summed E-state index contributed by atoms with van der Waals surface area (Å²) in [5.74, 6) is 0. The predicted molar refractivity (Wildman–Crippen MR) is 82.1 cm³/mol. The topological polar surface area (TPSA) is 63.4 Å². The fourth-order valence-corrected chi connectivity index (χ4v) is 4.39. The SMILES string of the molecule is NCc1ccccc1S(=O)(=O)N1CCc2ccccc2C1. The Kier molecular flexibility index (Phi) is 3.80. The first-order valence-electron chi connectivity index (χ1n) is 6.98. The highest BCUT2D eigenvalue weighted by Crippen LogP contribution is 2.26. The first-order chi connectivity index (χ1) is 10.1. The Balaban J connectivity index is 1.97. The molecule has 21 heavy (non-hydrogen) atoms. The summed E-state index contributed by atoms with van der Waals surface area (Å²) in [5.41, 5.74) is 8.65. The Morgan fingerprint density at radius 3 is 2.43 bits per heavy atom. The van der Waals surface area contributed by atoms with Crippen molar-refractivity contribution in [1.29, 1.82) is 0 Å². The van der Waals surface area contributed by atoms with Gasteiger partial charge >= 0.3 is 0 Å². The van der Waals surface area contributed by atoms with Crippen LogP contribution in [0.25, 0.3) is 0 Å². The molecule has 0 saturated carbocycles. The van der Waals surface area contributed by atoms with Crippen LogP contribution in [0, 0.1) is 0 Å². The first-order valence-corrected chi connectivity index (χ1v) is 8.42. The predicted octanol–water partition coefficient (Wildman–Crippen LogP) is 1.89. The molecule has 0 unspecified atom stereocenters. The van der Waals surface area contributed by atoms with Crippen LogP contribution in [0.3, 0.4) is 0 Å². The lowest BCUT2D eigenvalue weighted by Crippen LogP contribution is -2.36. The molecule has 0 radical (unpaired) electrons.